The molecule has 1 spiro atoms. The van der Waals surface area contributed by atoms with E-state index in [-0.39, 0.29) is 5.92 Å². The first-order chi connectivity index (χ1) is 9.05. The predicted octanol–water partition coefficient (Wildman–Crippen LogP) is 3.47. The van der Waals surface area contributed by atoms with Crippen LogP contribution in [0.5, 0.6) is 0 Å². The summed E-state index contributed by atoms with van der Waals surface area (Å²) in [4.78, 5) is 0. The number of nitrogens with zero attached hydrogens (tertiary/aromatic N) is 1. The quantitative estimate of drug-likeness (QED) is 0.808. The Morgan fingerprint density at radius 3 is 2.95 bits per heavy atom. The third-order valence-corrected chi connectivity index (χ3v) is 5.14. The van der Waals surface area contributed by atoms with Gasteiger partial charge in [0.25, 0.3) is 0 Å². The molecule has 4 rings (SSSR count). The first kappa shape index (κ1) is 11.5. The van der Waals surface area contributed by atoms with Gasteiger partial charge < -0.3 is 10.3 Å². The molecule has 2 aliphatic rings. The van der Waals surface area contributed by atoms with Crippen LogP contribution in [0.2, 0.25) is 0 Å². The van der Waals surface area contributed by atoms with Crippen LogP contribution in [0.4, 0.5) is 10.2 Å². The number of benzene rings is 1. The van der Waals surface area contributed by atoms with E-state index in [0.717, 1.165) is 21.2 Å². The van der Waals surface area contributed by atoms with Crippen molar-refractivity contribution in [1.82, 2.24) is 5.16 Å². The zero-order chi connectivity index (χ0) is 13.4. The molecule has 5 heteroatoms. The van der Waals surface area contributed by atoms with Crippen LogP contribution in [-0.4, -0.2) is 11.3 Å². The van der Waals surface area contributed by atoms with Gasteiger partial charge in [-0.1, -0.05) is 34.1 Å². The van der Waals surface area contributed by atoms with Crippen LogP contribution in [0.25, 0.3) is 11.3 Å². The molecule has 1 aromatic heterocycles. The maximum atomic E-state index is 14.3. The number of fused-ring (bicyclic) bond motifs is 4. The number of hydrogen-bond acceptors (Lipinski definition) is 3. The number of rotatable bonds is 0. The van der Waals surface area contributed by atoms with Crippen molar-refractivity contribution in [1.29, 1.82) is 0 Å². The smallest absolute Gasteiger partial charge is 0.172 e. The molecular weight excluding hydrogens is 311 g/mol. The molecule has 1 aromatic carbocycles. The lowest BCUT2D eigenvalue weighted by molar-refractivity contribution is 0.406. The second kappa shape index (κ2) is 3.39. The molecule has 1 heterocycles. The topological polar surface area (TPSA) is 52.0 Å². The van der Waals surface area contributed by atoms with E-state index in [1.165, 1.54) is 0 Å². The fourth-order valence-corrected chi connectivity index (χ4v) is 3.79. The fraction of sp³-hybridized carbons (Fsp3) is 0.357. The van der Waals surface area contributed by atoms with Crippen LogP contribution in [0.1, 0.15) is 18.1 Å². The molecule has 0 saturated heterocycles. The van der Waals surface area contributed by atoms with E-state index >= 15 is 0 Å². The Bertz CT molecular complexity index is 689. The van der Waals surface area contributed by atoms with Crippen molar-refractivity contribution < 1.29 is 8.91 Å². The van der Waals surface area contributed by atoms with Crippen LogP contribution < -0.4 is 5.73 Å². The van der Waals surface area contributed by atoms with Crippen molar-refractivity contribution in [2.75, 3.05) is 5.73 Å². The summed E-state index contributed by atoms with van der Waals surface area (Å²) in [5, 5.41) is 3.84. The maximum Gasteiger partial charge on any atom is 0.172 e. The van der Waals surface area contributed by atoms with E-state index < -0.39 is 11.6 Å². The average molecular weight is 323 g/mol. The lowest BCUT2D eigenvalue weighted by Crippen LogP contribution is -2.22. The Morgan fingerprint density at radius 2 is 2.26 bits per heavy atom. The molecule has 19 heavy (non-hydrogen) atoms. The minimum atomic E-state index is -0.824. The summed E-state index contributed by atoms with van der Waals surface area (Å²) in [6.45, 7) is 1.95. The highest BCUT2D eigenvalue weighted by atomic mass is 79.9. The SMILES string of the molecule is C[C@H]1[C@H](F)[C@@]12Cc1c(N)noc1-c1cc(Br)ccc12. The summed E-state index contributed by atoms with van der Waals surface area (Å²) in [6.07, 6.45) is -0.246. The van der Waals surface area contributed by atoms with E-state index in [2.05, 4.69) is 21.1 Å². The molecule has 3 nitrogen and oxygen atoms in total. The van der Waals surface area contributed by atoms with Crippen LogP contribution in [0.3, 0.4) is 0 Å². The molecule has 1 saturated carbocycles. The van der Waals surface area contributed by atoms with Crippen LogP contribution in [0, 0.1) is 5.92 Å². The molecule has 2 aliphatic carbocycles. The molecule has 0 unspecified atom stereocenters. The predicted molar refractivity (Wildman–Crippen MR) is 73.5 cm³/mol. The number of aromatic nitrogens is 1. The van der Waals surface area contributed by atoms with E-state index in [4.69, 9.17) is 10.3 Å². The Kier molecular flexibility index (Phi) is 2.05. The van der Waals surface area contributed by atoms with Gasteiger partial charge in [-0.25, -0.2) is 4.39 Å². The van der Waals surface area contributed by atoms with E-state index in [9.17, 15) is 4.39 Å². The monoisotopic (exact) mass is 322 g/mol. The van der Waals surface area contributed by atoms with Crippen molar-refractivity contribution in [3.8, 4) is 11.3 Å². The van der Waals surface area contributed by atoms with Gasteiger partial charge in [0.2, 0.25) is 0 Å². The summed E-state index contributed by atoms with van der Waals surface area (Å²) < 4.78 is 20.5. The first-order valence-electron chi connectivity index (χ1n) is 6.24. The fourth-order valence-electron chi connectivity index (χ4n) is 3.43. The number of nitrogen functional groups attached to an aromatic ring is 1. The summed E-state index contributed by atoms with van der Waals surface area (Å²) in [5.41, 5.74) is 8.18. The zero-order valence-corrected chi connectivity index (χ0v) is 11.9. The lowest BCUT2D eigenvalue weighted by Gasteiger charge is -2.25. The minimum Gasteiger partial charge on any atom is -0.381 e. The summed E-state index contributed by atoms with van der Waals surface area (Å²) in [5.74, 6) is 1.08. The van der Waals surface area contributed by atoms with Crippen molar-refractivity contribution in [3.05, 3.63) is 33.8 Å². The standard InChI is InChI=1S/C14H12BrFN2O/c1-6-12(16)14(6)5-9-11(19-18-13(9)17)8-4-7(15)2-3-10(8)14/h2-4,6,12H,5H2,1H3,(H2,17,18)/t6-,12-,14-/m0/s1. The Labute approximate surface area is 118 Å². The maximum absolute atomic E-state index is 14.3. The zero-order valence-electron chi connectivity index (χ0n) is 10.3. The van der Waals surface area contributed by atoms with Gasteiger partial charge in [-0.15, -0.1) is 0 Å². The van der Waals surface area contributed by atoms with Gasteiger partial charge in [0.15, 0.2) is 11.6 Å². The third-order valence-electron chi connectivity index (χ3n) is 4.65. The van der Waals surface area contributed by atoms with Crippen LogP contribution in [0.15, 0.2) is 27.2 Å². The van der Waals surface area contributed by atoms with Crippen LogP contribution in [-0.2, 0) is 11.8 Å². The highest BCUT2D eigenvalue weighted by molar-refractivity contribution is 9.10. The molecule has 0 amide bonds. The number of anilines is 1. The number of nitrogens with two attached hydrogens (primary N) is 1. The highest BCUT2D eigenvalue weighted by Gasteiger charge is 2.66. The average Bonchev–Trinajstić information content (AvgIpc) is 2.73. The molecule has 2 N–H and O–H groups in total. The Hall–Kier alpha value is -1.36. The van der Waals surface area contributed by atoms with Gasteiger partial charge in [0.1, 0.15) is 6.17 Å². The molecule has 0 bridgehead atoms. The lowest BCUT2D eigenvalue weighted by atomic mass is 9.78. The number of alkyl halides is 1. The number of hydrogen-bond donors (Lipinski definition) is 1. The highest BCUT2D eigenvalue weighted by Crippen LogP contribution is 2.63. The summed E-state index contributed by atoms with van der Waals surface area (Å²) in [7, 11) is 0. The number of halogens is 2. The van der Waals surface area contributed by atoms with Gasteiger partial charge in [0, 0.05) is 26.9 Å². The van der Waals surface area contributed by atoms with Gasteiger partial charge in [-0.2, -0.15) is 0 Å². The summed E-state index contributed by atoms with van der Waals surface area (Å²) >= 11 is 3.45. The molecule has 0 aliphatic heterocycles. The van der Waals surface area contributed by atoms with E-state index in [1.807, 2.05) is 25.1 Å². The van der Waals surface area contributed by atoms with Gasteiger partial charge in [-0.05, 0) is 24.1 Å². The van der Waals surface area contributed by atoms with Crippen molar-refractivity contribution in [3.63, 3.8) is 0 Å². The second-order valence-corrected chi connectivity index (χ2v) is 6.39. The van der Waals surface area contributed by atoms with Gasteiger partial charge in [0.05, 0.1) is 0 Å². The molecule has 3 atom stereocenters. The van der Waals surface area contributed by atoms with E-state index in [0.29, 0.717) is 18.0 Å². The van der Waals surface area contributed by atoms with Gasteiger partial charge >= 0.3 is 0 Å². The van der Waals surface area contributed by atoms with Crippen molar-refractivity contribution in [2.24, 2.45) is 5.92 Å². The molecule has 1 fully saturated rings. The Balaban J connectivity index is 2.03. The second-order valence-electron chi connectivity index (χ2n) is 5.47. The van der Waals surface area contributed by atoms with E-state index in [1.54, 1.807) is 0 Å². The van der Waals surface area contributed by atoms with Gasteiger partial charge in [-0.3, -0.25) is 0 Å². The largest absolute Gasteiger partial charge is 0.381 e. The molecular formula is C14H12BrFN2O. The molecule has 98 valence electrons. The minimum absolute atomic E-state index is 0.00914. The summed E-state index contributed by atoms with van der Waals surface area (Å²) in [6, 6.07) is 5.89. The first-order valence-corrected chi connectivity index (χ1v) is 7.03. The van der Waals surface area contributed by atoms with Crippen molar-refractivity contribution >= 4 is 21.7 Å². The third kappa shape index (κ3) is 1.24. The Morgan fingerprint density at radius 1 is 1.53 bits per heavy atom. The normalized spacial score (nSPS) is 31.1. The van der Waals surface area contributed by atoms with Crippen molar-refractivity contribution in [2.45, 2.75) is 24.9 Å². The molecule has 0 radical (unpaired) electrons. The van der Waals surface area contributed by atoms with Crippen LogP contribution >= 0.6 is 15.9 Å². The molecule has 2 aromatic rings.